The topological polar surface area (TPSA) is 89.8 Å². The van der Waals surface area contributed by atoms with E-state index in [4.69, 9.17) is 0 Å². The quantitative estimate of drug-likeness (QED) is 0.714. The summed E-state index contributed by atoms with van der Waals surface area (Å²) in [5.41, 5.74) is 0.214. The minimum atomic E-state index is -0.720. The third-order valence-corrected chi connectivity index (χ3v) is 5.48. The predicted molar refractivity (Wildman–Crippen MR) is 107 cm³/mol. The van der Waals surface area contributed by atoms with Crippen molar-refractivity contribution in [3.63, 3.8) is 0 Å². The zero-order valence-electron chi connectivity index (χ0n) is 15.9. The van der Waals surface area contributed by atoms with Crippen LogP contribution in [-0.4, -0.2) is 25.4 Å². The molecule has 1 fully saturated rings. The lowest BCUT2D eigenvalue weighted by Gasteiger charge is -2.27. The predicted octanol–water partition coefficient (Wildman–Crippen LogP) is 3.48. The van der Waals surface area contributed by atoms with Crippen LogP contribution >= 0.6 is 0 Å². The highest BCUT2D eigenvalue weighted by Gasteiger charge is 2.27. The number of amides is 1. The average molecular weight is 395 g/mol. The summed E-state index contributed by atoms with van der Waals surface area (Å²) < 4.78 is 14.5. The number of fused-ring (bicyclic) bond motifs is 1. The molecule has 1 saturated carbocycles. The fourth-order valence-electron chi connectivity index (χ4n) is 3.95. The lowest BCUT2D eigenvalue weighted by atomic mass is 9.84. The standard InChI is InChI=1S/C21H22FN5O2/c22-15-6-7-19(24-11-15)26-20(28)18(10-14-4-2-1-3-5-14)27-13-25-17-12-23-9-8-16(17)21(27)29/h6-9,11-14,18H,1-5,10H2,(H,24,26,28). The molecule has 0 saturated heterocycles. The summed E-state index contributed by atoms with van der Waals surface area (Å²) in [6.45, 7) is 0. The monoisotopic (exact) mass is 395 g/mol. The zero-order valence-corrected chi connectivity index (χ0v) is 15.9. The molecule has 1 amide bonds. The van der Waals surface area contributed by atoms with Crippen LogP contribution in [0.2, 0.25) is 0 Å². The van der Waals surface area contributed by atoms with Gasteiger partial charge >= 0.3 is 0 Å². The normalized spacial score (nSPS) is 15.9. The Kier molecular flexibility index (Phi) is 5.59. The molecule has 0 aliphatic heterocycles. The van der Waals surface area contributed by atoms with Gasteiger partial charge in [0, 0.05) is 6.20 Å². The van der Waals surface area contributed by atoms with Crippen molar-refractivity contribution < 1.29 is 9.18 Å². The number of hydrogen-bond acceptors (Lipinski definition) is 5. The maximum absolute atomic E-state index is 13.1. The molecular formula is C21H22FN5O2. The molecule has 1 N–H and O–H groups in total. The van der Waals surface area contributed by atoms with Gasteiger partial charge in [-0.25, -0.2) is 14.4 Å². The van der Waals surface area contributed by atoms with E-state index in [1.807, 2.05) is 0 Å². The first-order valence-electron chi connectivity index (χ1n) is 9.85. The van der Waals surface area contributed by atoms with Crippen LogP contribution in [0.4, 0.5) is 10.2 Å². The Morgan fingerprint density at radius 1 is 1.17 bits per heavy atom. The highest BCUT2D eigenvalue weighted by Crippen LogP contribution is 2.31. The number of aromatic nitrogens is 4. The van der Waals surface area contributed by atoms with Gasteiger partial charge in [0.1, 0.15) is 17.7 Å². The van der Waals surface area contributed by atoms with Crippen molar-refractivity contribution in [2.45, 2.75) is 44.6 Å². The summed E-state index contributed by atoms with van der Waals surface area (Å²) in [6, 6.07) is 3.52. The summed E-state index contributed by atoms with van der Waals surface area (Å²) in [5.74, 6) is -0.228. The Morgan fingerprint density at radius 3 is 2.76 bits per heavy atom. The molecule has 3 aromatic rings. The first-order chi connectivity index (χ1) is 14.1. The first kappa shape index (κ1) is 19.2. The van der Waals surface area contributed by atoms with Crippen LogP contribution in [-0.2, 0) is 4.79 Å². The fourth-order valence-corrected chi connectivity index (χ4v) is 3.95. The Hall–Kier alpha value is -3.16. The van der Waals surface area contributed by atoms with Crippen LogP contribution < -0.4 is 10.9 Å². The second-order valence-electron chi connectivity index (χ2n) is 7.46. The lowest BCUT2D eigenvalue weighted by Crippen LogP contribution is -2.35. The molecule has 0 radical (unpaired) electrons. The van der Waals surface area contributed by atoms with Gasteiger partial charge in [-0.15, -0.1) is 0 Å². The van der Waals surface area contributed by atoms with Gasteiger partial charge < -0.3 is 5.32 Å². The Labute approximate surface area is 167 Å². The highest BCUT2D eigenvalue weighted by atomic mass is 19.1. The molecule has 1 atom stereocenters. The van der Waals surface area contributed by atoms with E-state index in [9.17, 15) is 14.0 Å². The summed E-state index contributed by atoms with van der Waals surface area (Å²) >= 11 is 0. The minimum absolute atomic E-state index is 0.246. The largest absolute Gasteiger partial charge is 0.309 e. The third kappa shape index (κ3) is 4.31. The van der Waals surface area contributed by atoms with Gasteiger partial charge in [-0.1, -0.05) is 32.1 Å². The minimum Gasteiger partial charge on any atom is -0.309 e. The summed E-state index contributed by atoms with van der Waals surface area (Å²) in [5, 5.41) is 3.14. The van der Waals surface area contributed by atoms with Crippen LogP contribution in [0, 0.1) is 11.7 Å². The molecule has 0 bridgehead atoms. The summed E-state index contributed by atoms with van der Waals surface area (Å²) in [4.78, 5) is 38.4. The highest BCUT2D eigenvalue weighted by molar-refractivity contribution is 5.93. The Morgan fingerprint density at radius 2 is 2.00 bits per heavy atom. The fraction of sp³-hybridized carbons (Fsp3) is 0.381. The average Bonchev–Trinajstić information content (AvgIpc) is 2.75. The lowest BCUT2D eigenvalue weighted by molar-refractivity contribution is -0.120. The number of carbonyl (C=O) groups excluding carboxylic acids is 1. The Bertz CT molecular complexity index is 1060. The molecule has 29 heavy (non-hydrogen) atoms. The van der Waals surface area contributed by atoms with E-state index in [2.05, 4.69) is 20.3 Å². The smallest absolute Gasteiger partial charge is 0.262 e. The van der Waals surface area contributed by atoms with Gasteiger partial charge in [-0.3, -0.25) is 19.1 Å². The van der Waals surface area contributed by atoms with Crippen molar-refractivity contribution in [1.82, 2.24) is 19.5 Å². The van der Waals surface area contributed by atoms with Crippen LogP contribution in [0.25, 0.3) is 10.9 Å². The van der Waals surface area contributed by atoms with E-state index in [-0.39, 0.29) is 17.3 Å². The second kappa shape index (κ2) is 8.46. The number of halogens is 1. The van der Waals surface area contributed by atoms with Crippen molar-refractivity contribution in [3.8, 4) is 0 Å². The molecule has 3 heterocycles. The molecule has 4 rings (SSSR count). The third-order valence-electron chi connectivity index (χ3n) is 5.48. The molecule has 1 aliphatic carbocycles. The van der Waals surface area contributed by atoms with Crippen molar-refractivity contribution >= 4 is 22.6 Å². The zero-order chi connectivity index (χ0) is 20.2. The maximum Gasteiger partial charge on any atom is 0.262 e. The number of nitrogens with zero attached hydrogens (tertiary/aromatic N) is 4. The molecule has 0 spiro atoms. The molecule has 1 unspecified atom stereocenters. The first-order valence-corrected chi connectivity index (χ1v) is 9.85. The number of carbonyl (C=O) groups is 1. The van der Waals surface area contributed by atoms with Crippen molar-refractivity contribution in [1.29, 1.82) is 0 Å². The van der Waals surface area contributed by atoms with E-state index < -0.39 is 11.9 Å². The number of pyridine rings is 2. The van der Waals surface area contributed by atoms with E-state index >= 15 is 0 Å². The van der Waals surface area contributed by atoms with Gasteiger partial charge in [0.15, 0.2) is 0 Å². The van der Waals surface area contributed by atoms with Crippen LogP contribution in [0.15, 0.2) is 47.9 Å². The van der Waals surface area contributed by atoms with Crippen molar-refractivity contribution in [3.05, 3.63) is 59.3 Å². The van der Waals surface area contributed by atoms with Gasteiger partial charge in [-0.05, 0) is 30.5 Å². The van der Waals surface area contributed by atoms with Gasteiger partial charge in [-0.2, -0.15) is 0 Å². The van der Waals surface area contributed by atoms with Crippen molar-refractivity contribution in [2.24, 2.45) is 5.92 Å². The van der Waals surface area contributed by atoms with Crippen LogP contribution in [0.5, 0.6) is 0 Å². The van der Waals surface area contributed by atoms with Crippen LogP contribution in [0.3, 0.4) is 0 Å². The summed E-state index contributed by atoms with van der Waals surface area (Å²) in [7, 11) is 0. The molecule has 0 aromatic carbocycles. The molecule has 3 aromatic heterocycles. The van der Waals surface area contributed by atoms with E-state index in [0.29, 0.717) is 23.2 Å². The van der Waals surface area contributed by atoms with Gasteiger partial charge in [0.2, 0.25) is 5.91 Å². The number of anilines is 1. The van der Waals surface area contributed by atoms with Crippen LogP contribution in [0.1, 0.15) is 44.6 Å². The van der Waals surface area contributed by atoms with Crippen molar-refractivity contribution in [2.75, 3.05) is 5.32 Å². The maximum atomic E-state index is 13.1. The number of nitrogens with one attached hydrogen (secondary N) is 1. The van der Waals surface area contributed by atoms with E-state index in [1.165, 1.54) is 41.8 Å². The Balaban J connectivity index is 1.67. The van der Waals surface area contributed by atoms with E-state index in [0.717, 1.165) is 31.9 Å². The number of rotatable bonds is 5. The molecule has 8 heteroatoms. The van der Waals surface area contributed by atoms with Gasteiger partial charge in [0.25, 0.3) is 5.56 Å². The molecule has 1 aliphatic rings. The molecule has 150 valence electrons. The van der Waals surface area contributed by atoms with E-state index in [1.54, 1.807) is 6.07 Å². The van der Waals surface area contributed by atoms with Gasteiger partial charge in [0.05, 0.1) is 29.6 Å². The second-order valence-corrected chi connectivity index (χ2v) is 7.46. The SMILES string of the molecule is O=C(Nc1ccc(F)cn1)C(CC1CCCCC1)n1cnc2cnccc2c1=O. The number of hydrogen-bond donors (Lipinski definition) is 1. The summed E-state index contributed by atoms with van der Waals surface area (Å²) in [6.07, 6.45) is 11.6. The molecule has 7 nitrogen and oxygen atoms in total. The molecular weight excluding hydrogens is 373 g/mol.